The Kier molecular flexibility index (Phi) is 4.93. The van der Waals surface area contributed by atoms with E-state index in [0.29, 0.717) is 17.7 Å². The van der Waals surface area contributed by atoms with Gasteiger partial charge < -0.3 is 14.6 Å². The van der Waals surface area contributed by atoms with E-state index in [0.717, 1.165) is 56.8 Å². The van der Waals surface area contributed by atoms with Crippen molar-refractivity contribution in [3.8, 4) is 5.75 Å². The van der Waals surface area contributed by atoms with Gasteiger partial charge in [0.05, 0.1) is 12.8 Å². The molecule has 1 saturated carbocycles. The summed E-state index contributed by atoms with van der Waals surface area (Å²) < 4.78 is 10.6. The number of carbonyl (C=O) groups is 1. The summed E-state index contributed by atoms with van der Waals surface area (Å²) in [7, 11) is 1.69. The first kappa shape index (κ1) is 17.1. The number of piperidine rings is 1. The normalized spacial score (nSPS) is 20.7. The van der Waals surface area contributed by atoms with Gasteiger partial charge in [0.25, 0.3) is 5.91 Å². The van der Waals surface area contributed by atoms with Crippen LogP contribution in [0, 0.1) is 0 Å². The van der Waals surface area contributed by atoms with Crippen LogP contribution in [-0.2, 0) is 6.54 Å². The highest BCUT2D eigenvalue weighted by molar-refractivity contribution is 5.91. The van der Waals surface area contributed by atoms with Gasteiger partial charge in [-0.15, -0.1) is 0 Å². The third-order valence-corrected chi connectivity index (χ3v) is 5.13. The van der Waals surface area contributed by atoms with Crippen LogP contribution in [0.3, 0.4) is 0 Å². The van der Waals surface area contributed by atoms with E-state index in [9.17, 15) is 4.79 Å². The lowest BCUT2D eigenvalue weighted by molar-refractivity contribution is 0.0914. The summed E-state index contributed by atoms with van der Waals surface area (Å²) in [6.07, 6.45) is 4.32. The fourth-order valence-corrected chi connectivity index (χ4v) is 3.54. The van der Waals surface area contributed by atoms with Crippen LogP contribution in [0.25, 0.3) is 0 Å². The van der Waals surface area contributed by atoms with Gasteiger partial charge in [0.2, 0.25) is 5.76 Å². The molecule has 1 aromatic carbocycles. The number of methoxy groups -OCH3 is 1. The molecule has 138 valence electrons. The van der Waals surface area contributed by atoms with Crippen molar-refractivity contribution in [3.63, 3.8) is 0 Å². The second-order valence-corrected chi connectivity index (χ2v) is 7.29. The molecule has 6 heteroatoms. The molecule has 1 aliphatic heterocycles. The van der Waals surface area contributed by atoms with Gasteiger partial charge in [0.1, 0.15) is 5.75 Å². The second-order valence-electron chi connectivity index (χ2n) is 7.29. The number of likely N-dealkylation sites (tertiary alicyclic amines) is 1. The first-order valence-corrected chi connectivity index (χ1v) is 9.34. The molecule has 0 bridgehead atoms. The quantitative estimate of drug-likeness (QED) is 0.863. The summed E-state index contributed by atoms with van der Waals surface area (Å²) in [5, 5.41) is 7.12. The molecule has 1 N–H and O–H groups in total. The first-order chi connectivity index (χ1) is 12.7. The second kappa shape index (κ2) is 7.50. The molecule has 1 amide bonds. The van der Waals surface area contributed by atoms with Gasteiger partial charge >= 0.3 is 0 Å². The van der Waals surface area contributed by atoms with Gasteiger partial charge in [-0.2, -0.15) is 0 Å². The lowest BCUT2D eigenvalue weighted by Gasteiger charge is -2.31. The number of rotatable bonds is 6. The Bertz CT molecular complexity index is 769. The van der Waals surface area contributed by atoms with Gasteiger partial charge in [-0.25, -0.2) is 0 Å². The minimum absolute atomic E-state index is 0.143. The monoisotopic (exact) mass is 355 g/mol. The van der Waals surface area contributed by atoms with Crippen molar-refractivity contribution >= 4 is 5.91 Å². The van der Waals surface area contributed by atoms with Gasteiger partial charge in [-0.1, -0.05) is 17.3 Å². The average molecular weight is 355 g/mol. The molecule has 2 heterocycles. The zero-order valence-corrected chi connectivity index (χ0v) is 15.1. The van der Waals surface area contributed by atoms with Crippen molar-refractivity contribution in [2.45, 2.75) is 44.2 Å². The lowest BCUT2D eigenvalue weighted by atomic mass is 9.94. The number of amides is 1. The molecular weight excluding hydrogens is 330 g/mol. The van der Waals surface area contributed by atoms with Crippen molar-refractivity contribution in [2.75, 3.05) is 20.2 Å². The molecule has 1 aromatic heterocycles. The zero-order chi connectivity index (χ0) is 17.9. The summed E-state index contributed by atoms with van der Waals surface area (Å²) in [5.41, 5.74) is 2.14. The van der Waals surface area contributed by atoms with E-state index in [-0.39, 0.29) is 5.91 Å². The Balaban J connectivity index is 1.38. The minimum atomic E-state index is -0.143. The number of nitrogens with zero attached hydrogens (tertiary/aromatic N) is 2. The number of ether oxygens (including phenoxy) is 1. The Morgan fingerprint density at radius 3 is 3.04 bits per heavy atom. The van der Waals surface area contributed by atoms with Crippen LogP contribution in [0.1, 0.15) is 53.4 Å². The van der Waals surface area contributed by atoms with E-state index in [4.69, 9.17) is 9.26 Å². The molecule has 0 radical (unpaired) electrons. The molecule has 1 saturated heterocycles. The number of carbonyl (C=O) groups excluding carboxylic acids is 1. The van der Waals surface area contributed by atoms with Gasteiger partial charge in [-0.3, -0.25) is 9.69 Å². The molecule has 4 rings (SSSR count). The summed E-state index contributed by atoms with van der Waals surface area (Å²) >= 11 is 0. The molecule has 1 atom stereocenters. The number of aromatic nitrogens is 1. The standard InChI is InChI=1S/C20H25N3O3/c1-25-17-6-2-4-14(10-17)12-23-9-3-5-15(13-23)18-11-19(26-22-18)20(24)21-16-7-8-16/h2,4,6,10-11,15-16H,3,5,7-9,12-13H2,1H3,(H,21,24). The Morgan fingerprint density at radius 1 is 1.35 bits per heavy atom. The molecule has 2 fully saturated rings. The van der Waals surface area contributed by atoms with Crippen molar-refractivity contribution in [3.05, 3.63) is 47.3 Å². The fourth-order valence-electron chi connectivity index (χ4n) is 3.54. The lowest BCUT2D eigenvalue weighted by Crippen LogP contribution is -2.34. The van der Waals surface area contributed by atoms with Crippen LogP contribution in [0.2, 0.25) is 0 Å². The summed E-state index contributed by atoms with van der Waals surface area (Å²) in [6, 6.07) is 10.3. The predicted molar refractivity (Wildman–Crippen MR) is 97.2 cm³/mol. The van der Waals surface area contributed by atoms with E-state index in [1.165, 1.54) is 5.56 Å². The minimum Gasteiger partial charge on any atom is -0.497 e. The maximum atomic E-state index is 12.1. The molecule has 1 aliphatic carbocycles. The van der Waals surface area contributed by atoms with Crippen LogP contribution in [0.4, 0.5) is 0 Å². The highest BCUT2D eigenvalue weighted by Gasteiger charge is 2.28. The molecule has 2 aromatic rings. The molecular formula is C20H25N3O3. The smallest absolute Gasteiger partial charge is 0.290 e. The number of nitrogens with one attached hydrogen (secondary N) is 1. The van der Waals surface area contributed by atoms with Crippen LogP contribution in [0.5, 0.6) is 5.75 Å². The van der Waals surface area contributed by atoms with E-state index in [1.807, 2.05) is 18.2 Å². The van der Waals surface area contributed by atoms with Crippen LogP contribution in [-0.4, -0.2) is 42.2 Å². The summed E-state index contributed by atoms with van der Waals surface area (Å²) in [5.74, 6) is 1.38. The fraction of sp³-hybridized carbons (Fsp3) is 0.500. The number of hydrogen-bond acceptors (Lipinski definition) is 5. The summed E-state index contributed by atoms with van der Waals surface area (Å²) in [4.78, 5) is 14.5. The van der Waals surface area contributed by atoms with Crippen molar-refractivity contribution < 1.29 is 14.1 Å². The highest BCUT2D eigenvalue weighted by Crippen LogP contribution is 2.28. The molecule has 2 aliphatic rings. The third-order valence-electron chi connectivity index (χ3n) is 5.13. The Labute approximate surface area is 153 Å². The van der Waals surface area contributed by atoms with Crippen molar-refractivity contribution in [2.24, 2.45) is 0 Å². The maximum absolute atomic E-state index is 12.1. The molecule has 0 spiro atoms. The third kappa shape index (κ3) is 4.07. The van der Waals surface area contributed by atoms with E-state index in [2.05, 4.69) is 27.5 Å². The van der Waals surface area contributed by atoms with E-state index in [1.54, 1.807) is 7.11 Å². The van der Waals surface area contributed by atoms with Crippen LogP contribution < -0.4 is 10.1 Å². The molecule has 26 heavy (non-hydrogen) atoms. The zero-order valence-electron chi connectivity index (χ0n) is 15.1. The van der Waals surface area contributed by atoms with Crippen LogP contribution >= 0.6 is 0 Å². The number of hydrogen-bond donors (Lipinski definition) is 1. The van der Waals surface area contributed by atoms with E-state index >= 15 is 0 Å². The van der Waals surface area contributed by atoms with Gasteiger partial charge in [0.15, 0.2) is 0 Å². The average Bonchev–Trinajstić information content (AvgIpc) is 3.33. The van der Waals surface area contributed by atoms with Crippen LogP contribution in [0.15, 0.2) is 34.9 Å². The Hall–Kier alpha value is -2.34. The Morgan fingerprint density at radius 2 is 2.23 bits per heavy atom. The van der Waals surface area contributed by atoms with Gasteiger partial charge in [-0.05, 0) is 49.9 Å². The van der Waals surface area contributed by atoms with Gasteiger partial charge in [0, 0.05) is 31.1 Å². The first-order valence-electron chi connectivity index (χ1n) is 9.34. The maximum Gasteiger partial charge on any atom is 0.290 e. The molecule has 1 unspecified atom stereocenters. The number of benzene rings is 1. The predicted octanol–water partition coefficient (Wildman–Crippen LogP) is 2.96. The highest BCUT2D eigenvalue weighted by atomic mass is 16.5. The van der Waals surface area contributed by atoms with Crippen molar-refractivity contribution in [1.82, 2.24) is 15.4 Å². The summed E-state index contributed by atoms with van der Waals surface area (Å²) in [6.45, 7) is 2.88. The van der Waals surface area contributed by atoms with E-state index < -0.39 is 0 Å². The van der Waals surface area contributed by atoms with Crippen molar-refractivity contribution in [1.29, 1.82) is 0 Å². The SMILES string of the molecule is COc1cccc(CN2CCCC(c3cc(C(=O)NC4CC4)on3)C2)c1. The topological polar surface area (TPSA) is 67.6 Å². The molecule has 6 nitrogen and oxygen atoms in total. The largest absolute Gasteiger partial charge is 0.497 e.